The number of hydrogen-bond donors (Lipinski definition) is 1. The molecule has 2 heteroatoms. The maximum atomic E-state index is 13.0. The molecular formula is C18H22FN. The van der Waals surface area contributed by atoms with E-state index in [0.29, 0.717) is 6.04 Å². The second-order valence-electron chi connectivity index (χ2n) is 5.17. The van der Waals surface area contributed by atoms with Gasteiger partial charge in [-0.2, -0.15) is 0 Å². The van der Waals surface area contributed by atoms with Crippen LogP contribution in [0.3, 0.4) is 0 Å². The molecule has 0 aliphatic rings. The molecule has 0 saturated heterocycles. The minimum Gasteiger partial charge on any atom is -0.313 e. The van der Waals surface area contributed by atoms with Gasteiger partial charge in [-0.15, -0.1) is 0 Å². The van der Waals surface area contributed by atoms with Gasteiger partial charge in [0, 0.05) is 6.04 Å². The van der Waals surface area contributed by atoms with Crippen molar-refractivity contribution in [2.75, 3.05) is 6.54 Å². The first-order chi connectivity index (χ1) is 9.78. The molecule has 1 nitrogen and oxygen atoms in total. The lowest BCUT2D eigenvalue weighted by atomic mass is 9.99. The molecule has 0 amide bonds. The van der Waals surface area contributed by atoms with Gasteiger partial charge in [-0.3, -0.25) is 0 Å². The van der Waals surface area contributed by atoms with Gasteiger partial charge in [-0.25, -0.2) is 4.39 Å². The smallest absolute Gasteiger partial charge is 0.123 e. The first-order valence-corrected chi connectivity index (χ1v) is 7.29. The van der Waals surface area contributed by atoms with Gasteiger partial charge in [-0.1, -0.05) is 49.4 Å². The second kappa shape index (κ2) is 7.81. The molecule has 2 rings (SSSR count). The molecule has 1 N–H and O–H groups in total. The Morgan fingerprint density at radius 3 is 2.10 bits per heavy atom. The van der Waals surface area contributed by atoms with Crippen LogP contribution in [-0.2, 0) is 12.8 Å². The summed E-state index contributed by atoms with van der Waals surface area (Å²) in [7, 11) is 0. The standard InChI is InChI=1S/C18H22FN/c1-2-12-20-18(13-15-6-4-3-5-7-15)14-16-8-10-17(19)11-9-16/h3-11,18,20H,2,12-14H2,1H3. The Morgan fingerprint density at radius 2 is 1.50 bits per heavy atom. The number of rotatable bonds is 7. The highest BCUT2D eigenvalue weighted by molar-refractivity contribution is 5.20. The zero-order valence-corrected chi connectivity index (χ0v) is 12.0. The monoisotopic (exact) mass is 271 g/mol. The summed E-state index contributed by atoms with van der Waals surface area (Å²) in [5.74, 6) is -0.171. The summed E-state index contributed by atoms with van der Waals surface area (Å²) in [6, 6.07) is 17.7. The summed E-state index contributed by atoms with van der Waals surface area (Å²) in [6.45, 7) is 3.18. The van der Waals surface area contributed by atoms with E-state index in [1.165, 1.54) is 23.3 Å². The second-order valence-corrected chi connectivity index (χ2v) is 5.17. The summed E-state index contributed by atoms with van der Waals surface area (Å²) >= 11 is 0. The molecule has 0 spiro atoms. The first-order valence-electron chi connectivity index (χ1n) is 7.29. The van der Waals surface area contributed by atoms with E-state index in [1.807, 2.05) is 18.2 Å². The van der Waals surface area contributed by atoms with Crippen molar-refractivity contribution in [3.8, 4) is 0 Å². The van der Waals surface area contributed by atoms with Crippen molar-refractivity contribution in [1.82, 2.24) is 5.32 Å². The molecule has 0 heterocycles. The van der Waals surface area contributed by atoms with Crippen molar-refractivity contribution < 1.29 is 4.39 Å². The van der Waals surface area contributed by atoms with Crippen LogP contribution in [0, 0.1) is 5.82 Å². The molecule has 20 heavy (non-hydrogen) atoms. The zero-order chi connectivity index (χ0) is 14.2. The Bertz CT molecular complexity index is 493. The van der Waals surface area contributed by atoms with E-state index in [2.05, 4.69) is 36.5 Å². The average Bonchev–Trinajstić information content (AvgIpc) is 2.48. The largest absolute Gasteiger partial charge is 0.313 e. The Hall–Kier alpha value is -1.67. The highest BCUT2D eigenvalue weighted by Gasteiger charge is 2.10. The highest BCUT2D eigenvalue weighted by atomic mass is 19.1. The first kappa shape index (κ1) is 14.7. The van der Waals surface area contributed by atoms with Gasteiger partial charge in [0.2, 0.25) is 0 Å². The van der Waals surface area contributed by atoms with Gasteiger partial charge >= 0.3 is 0 Å². The SMILES string of the molecule is CCCNC(Cc1ccccc1)Cc1ccc(F)cc1. The summed E-state index contributed by atoms with van der Waals surface area (Å²) in [5, 5.41) is 3.59. The fourth-order valence-electron chi connectivity index (χ4n) is 2.37. The Kier molecular flexibility index (Phi) is 5.75. The third-order valence-corrected chi connectivity index (χ3v) is 3.40. The Balaban J connectivity index is 2.01. The quantitative estimate of drug-likeness (QED) is 0.803. The van der Waals surface area contributed by atoms with Crippen molar-refractivity contribution in [1.29, 1.82) is 0 Å². The maximum absolute atomic E-state index is 13.0. The molecule has 1 unspecified atom stereocenters. The van der Waals surface area contributed by atoms with Crippen LogP contribution in [0.25, 0.3) is 0 Å². The average molecular weight is 271 g/mol. The van der Waals surface area contributed by atoms with Crippen LogP contribution >= 0.6 is 0 Å². The van der Waals surface area contributed by atoms with Crippen molar-refractivity contribution in [2.45, 2.75) is 32.2 Å². The van der Waals surface area contributed by atoms with Crippen LogP contribution in [0.2, 0.25) is 0 Å². The minimum absolute atomic E-state index is 0.171. The predicted molar refractivity (Wildman–Crippen MR) is 82.3 cm³/mol. The molecule has 0 saturated carbocycles. The number of benzene rings is 2. The third kappa shape index (κ3) is 4.78. The lowest BCUT2D eigenvalue weighted by Gasteiger charge is -2.19. The summed E-state index contributed by atoms with van der Waals surface area (Å²) in [6.07, 6.45) is 3.04. The lowest BCUT2D eigenvalue weighted by Crippen LogP contribution is -2.33. The van der Waals surface area contributed by atoms with Gasteiger partial charge in [0.1, 0.15) is 5.82 Å². The van der Waals surface area contributed by atoms with Crippen LogP contribution in [-0.4, -0.2) is 12.6 Å². The zero-order valence-electron chi connectivity index (χ0n) is 12.0. The van der Waals surface area contributed by atoms with Crippen molar-refractivity contribution >= 4 is 0 Å². The summed E-state index contributed by atoms with van der Waals surface area (Å²) < 4.78 is 13.0. The van der Waals surface area contributed by atoms with Crippen LogP contribution in [0.5, 0.6) is 0 Å². The molecule has 1 atom stereocenters. The summed E-state index contributed by atoms with van der Waals surface area (Å²) in [5.41, 5.74) is 2.51. The van der Waals surface area contributed by atoms with Gasteiger partial charge in [0.05, 0.1) is 0 Å². The van der Waals surface area contributed by atoms with E-state index in [-0.39, 0.29) is 5.82 Å². The molecule has 106 valence electrons. The normalized spacial score (nSPS) is 12.3. The lowest BCUT2D eigenvalue weighted by molar-refractivity contribution is 0.504. The van der Waals surface area contributed by atoms with Crippen molar-refractivity contribution in [2.24, 2.45) is 0 Å². The molecule has 0 bridgehead atoms. The fourth-order valence-corrected chi connectivity index (χ4v) is 2.37. The Morgan fingerprint density at radius 1 is 0.900 bits per heavy atom. The minimum atomic E-state index is -0.171. The number of halogens is 1. The van der Waals surface area contributed by atoms with Gasteiger partial charge in [0.15, 0.2) is 0 Å². The van der Waals surface area contributed by atoms with E-state index in [9.17, 15) is 4.39 Å². The number of nitrogens with one attached hydrogen (secondary N) is 1. The van der Waals surface area contributed by atoms with Crippen LogP contribution in [0.15, 0.2) is 54.6 Å². The number of hydrogen-bond acceptors (Lipinski definition) is 1. The van der Waals surface area contributed by atoms with E-state index in [1.54, 1.807) is 0 Å². The van der Waals surface area contributed by atoms with Gasteiger partial charge in [0.25, 0.3) is 0 Å². The van der Waals surface area contributed by atoms with Crippen molar-refractivity contribution in [3.63, 3.8) is 0 Å². The van der Waals surface area contributed by atoms with Gasteiger partial charge in [-0.05, 0) is 49.1 Å². The van der Waals surface area contributed by atoms with E-state index in [0.717, 1.165) is 25.8 Å². The molecule has 0 aliphatic carbocycles. The molecule has 0 aliphatic heterocycles. The predicted octanol–water partition coefficient (Wildman–Crippen LogP) is 3.98. The van der Waals surface area contributed by atoms with E-state index < -0.39 is 0 Å². The van der Waals surface area contributed by atoms with E-state index >= 15 is 0 Å². The molecule has 0 fully saturated rings. The van der Waals surface area contributed by atoms with Gasteiger partial charge < -0.3 is 5.32 Å². The van der Waals surface area contributed by atoms with Crippen LogP contribution in [0.1, 0.15) is 24.5 Å². The van der Waals surface area contributed by atoms with E-state index in [4.69, 9.17) is 0 Å². The third-order valence-electron chi connectivity index (χ3n) is 3.40. The molecule has 0 radical (unpaired) electrons. The molecule has 2 aromatic rings. The highest BCUT2D eigenvalue weighted by Crippen LogP contribution is 2.10. The topological polar surface area (TPSA) is 12.0 Å². The summed E-state index contributed by atoms with van der Waals surface area (Å²) in [4.78, 5) is 0. The van der Waals surface area contributed by atoms with Crippen LogP contribution < -0.4 is 5.32 Å². The maximum Gasteiger partial charge on any atom is 0.123 e. The van der Waals surface area contributed by atoms with Crippen LogP contribution in [0.4, 0.5) is 4.39 Å². The fraction of sp³-hybridized carbons (Fsp3) is 0.333. The molecule has 2 aromatic carbocycles. The molecule has 0 aromatic heterocycles. The molecular weight excluding hydrogens is 249 g/mol. The Labute approximate surface area is 120 Å². The van der Waals surface area contributed by atoms with Crippen molar-refractivity contribution in [3.05, 3.63) is 71.5 Å².